The highest BCUT2D eigenvalue weighted by molar-refractivity contribution is 7.45. The molecule has 2 unspecified atom stereocenters. The normalized spacial score (nSPS) is 14.0. The minimum absolute atomic E-state index is 0.0370. The van der Waals surface area contributed by atoms with Gasteiger partial charge in [-0.15, -0.1) is 0 Å². The smallest absolute Gasteiger partial charge is 0.306 e. The molecular formula is C54H96NO8P. The summed E-state index contributed by atoms with van der Waals surface area (Å²) in [5.74, 6) is -0.853. The second kappa shape index (κ2) is 45.6. The molecule has 0 aromatic carbocycles. The van der Waals surface area contributed by atoms with Gasteiger partial charge in [0.05, 0.1) is 27.7 Å². The summed E-state index contributed by atoms with van der Waals surface area (Å²) in [4.78, 5) is 37.7. The van der Waals surface area contributed by atoms with E-state index in [1.165, 1.54) is 83.5 Å². The van der Waals surface area contributed by atoms with Crippen molar-refractivity contribution in [3.63, 3.8) is 0 Å². The second-order valence-corrected chi connectivity index (χ2v) is 19.6. The van der Waals surface area contributed by atoms with E-state index in [1.807, 2.05) is 21.1 Å². The van der Waals surface area contributed by atoms with E-state index in [0.717, 1.165) is 89.9 Å². The fourth-order valence-corrected chi connectivity index (χ4v) is 7.46. The minimum atomic E-state index is -4.64. The van der Waals surface area contributed by atoms with Gasteiger partial charge in [0, 0.05) is 12.8 Å². The third-order valence-electron chi connectivity index (χ3n) is 10.7. The number of ether oxygens (including phenoxy) is 2. The van der Waals surface area contributed by atoms with Gasteiger partial charge in [0.2, 0.25) is 0 Å². The highest BCUT2D eigenvalue weighted by Crippen LogP contribution is 2.38. The first-order valence-corrected chi connectivity index (χ1v) is 27.1. The van der Waals surface area contributed by atoms with E-state index < -0.39 is 32.5 Å². The number of rotatable bonds is 46. The fourth-order valence-electron chi connectivity index (χ4n) is 6.73. The molecule has 0 radical (unpaired) electrons. The van der Waals surface area contributed by atoms with Crippen molar-refractivity contribution in [3.05, 3.63) is 72.9 Å². The van der Waals surface area contributed by atoms with E-state index in [9.17, 15) is 19.0 Å². The van der Waals surface area contributed by atoms with Crippen molar-refractivity contribution >= 4 is 19.8 Å². The number of esters is 2. The first-order chi connectivity index (χ1) is 31.0. The number of hydrogen-bond acceptors (Lipinski definition) is 8. The van der Waals surface area contributed by atoms with Crippen LogP contribution in [0.15, 0.2) is 72.9 Å². The molecule has 0 fully saturated rings. The largest absolute Gasteiger partial charge is 0.756 e. The van der Waals surface area contributed by atoms with Crippen molar-refractivity contribution in [2.24, 2.45) is 0 Å². The van der Waals surface area contributed by atoms with Crippen LogP contribution in [0.2, 0.25) is 0 Å². The molecule has 0 aliphatic carbocycles. The molecule has 0 saturated heterocycles. The molecule has 9 nitrogen and oxygen atoms in total. The maximum atomic E-state index is 12.7. The Balaban J connectivity index is 4.30. The molecule has 0 aromatic rings. The highest BCUT2D eigenvalue weighted by atomic mass is 31.2. The van der Waals surface area contributed by atoms with Gasteiger partial charge >= 0.3 is 11.9 Å². The Morgan fingerprint density at radius 1 is 0.500 bits per heavy atom. The van der Waals surface area contributed by atoms with E-state index in [2.05, 4.69) is 86.8 Å². The lowest BCUT2D eigenvalue weighted by Crippen LogP contribution is -2.37. The van der Waals surface area contributed by atoms with E-state index in [0.29, 0.717) is 17.4 Å². The Kier molecular flexibility index (Phi) is 43.8. The van der Waals surface area contributed by atoms with E-state index in [4.69, 9.17) is 18.5 Å². The number of carbonyl (C=O) groups excluding carboxylic acids is 2. The zero-order valence-electron chi connectivity index (χ0n) is 41.7. The van der Waals surface area contributed by atoms with Gasteiger partial charge in [-0.05, 0) is 83.5 Å². The Morgan fingerprint density at radius 3 is 1.34 bits per heavy atom. The monoisotopic (exact) mass is 918 g/mol. The van der Waals surface area contributed by atoms with Crippen molar-refractivity contribution in [3.8, 4) is 0 Å². The standard InChI is InChI=1S/C54H96NO8P/c1-6-8-10-12-14-16-18-20-22-24-25-26-27-28-29-31-33-35-37-39-41-43-45-47-54(57)63-52(51-62-64(58,59)61-49-48-55(3,4)5)50-60-53(56)46-44-42-40-38-36-34-32-30-23-21-19-17-15-13-11-9-7-2/h8,10,14,16,20-23,25-26,28-29,52H,6-7,9,11-13,15,17-19,24,27,30-51H2,1-5H3/b10-8-,16-14-,22-20-,23-21-,26-25-,29-28-. The summed E-state index contributed by atoms with van der Waals surface area (Å²) in [5, 5.41) is 0. The maximum absolute atomic E-state index is 12.7. The van der Waals surface area contributed by atoms with Crippen LogP contribution in [0.3, 0.4) is 0 Å². The summed E-state index contributed by atoms with van der Waals surface area (Å²) in [6.07, 6.45) is 57.8. The molecular weight excluding hydrogens is 822 g/mol. The predicted molar refractivity (Wildman–Crippen MR) is 268 cm³/mol. The molecule has 2 atom stereocenters. The third kappa shape index (κ3) is 48.9. The van der Waals surface area contributed by atoms with Gasteiger partial charge in [0.15, 0.2) is 6.10 Å². The number of quaternary nitrogens is 1. The van der Waals surface area contributed by atoms with Crippen LogP contribution in [0.4, 0.5) is 0 Å². The highest BCUT2D eigenvalue weighted by Gasteiger charge is 2.21. The summed E-state index contributed by atoms with van der Waals surface area (Å²) >= 11 is 0. The van der Waals surface area contributed by atoms with Crippen LogP contribution in [0.1, 0.15) is 206 Å². The van der Waals surface area contributed by atoms with Crippen LogP contribution in [0.25, 0.3) is 0 Å². The number of hydrogen-bond donors (Lipinski definition) is 0. The Bertz CT molecular complexity index is 1310. The van der Waals surface area contributed by atoms with Crippen molar-refractivity contribution in [2.75, 3.05) is 47.5 Å². The Morgan fingerprint density at radius 2 is 0.891 bits per heavy atom. The molecule has 0 bridgehead atoms. The Labute approximate surface area is 393 Å². The lowest BCUT2D eigenvalue weighted by molar-refractivity contribution is -0.870. The Hall–Kier alpha value is -2.55. The minimum Gasteiger partial charge on any atom is -0.756 e. The van der Waals surface area contributed by atoms with Crippen LogP contribution >= 0.6 is 7.82 Å². The van der Waals surface area contributed by atoms with Gasteiger partial charge in [-0.25, -0.2) is 0 Å². The molecule has 0 heterocycles. The third-order valence-corrected chi connectivity index (χ3v) is 11.7. The summed E-state index contributed by atoms with van der Waals surface area (Å²) in [7, 11) is 1.15. The van der Waals surface area contributed by atoms with E-state index in [-0.39, 0.29) is 26.1 Å². The van der Waals surface area contributed by atoms with Gasteiger partial charge in [-0.2, -0.15) is 0 Å². The van der Waals surface area contributed by atoms with Gasteiger partial charge in [-0.3, -0.25) is 14.2 Å². The van der Waals surface area contributed by atoms with Crippen molar-refractivity contribution in [1.29, 1.82) is 0 Å². The first-order valence-electron chi connectivity index (χ1n) is 25.6. The number of phosphoric acid groups is 1. The first kappa shape index (κ1) is 61.5. The molecule has 10 heteroatoms. The van der Waals surface area contributed by atoms with E-state index >= 15 is 0 Å². The fraction of sp³-hybridized carbons (Fsp3) is 0.741. The van der Waals surface area contributed by atoms with Crippen molar-refractivity contribution < 1.29 is 42.1 Å². The number of unbranched alkanes of at least 4 members (excludes halogenated alkanes) is 20. The summed E-state index contributed by atoms with van der Waals surface area (Å²) in [6, 6.07) is 0. The molecule has 0 aliphatic rings. The summed E-state index contributed by atoms with van der Waals surface area (Å²) in [6.45, 7) is 4.10. The molecule has 0 saturated carbocycles. The molecule has 0 aromatic heterocycles. The van der Waals surface area contributed by atoms with Crippen LogP contribution in [0, 0.1) is 0 Å². The summed E-state index contributed by atoms with van der Waals surface area (Å²) < 4.78 is 34.0. The number of phosphoric ester groups is 1. The van der Waals surface area contributed by atoms with Gasteiger partial charge in [0.1, 0.15) is 19.8 Å². The molecule has 0 spiro atoms. The number of carbonyl (C=O) groups is 2. The van der Waals surface area contributed by atoms with Gasteiger partial charge in [-0.1, -0.05) is 183 Å². The van der Waals surface area contributed by atoms with Crippen molar-refractivity contribution in [1.82, 2.24) is 0 Å². The van der Waals surface area contributed by atoms with Crippen molar-refractivity contribution in [2.45, 2.75) is 213 Å². The average molecular weight is 918 g/mol. The second-order valence-electron chi connectivity index (χ2n) is 18.1. The molecule has 0 N–H and O–H groups in total. The molecule has 0 amide bonds. The van der Waals surface area contributed by atoms with Crippen LogP contribution in [-0.4, -0.2) is 70.0 Å². The zero-order valence-corrected chi connectivity index (χ0v) is 42.6. The van der Waals surface area contributed by atoms with Crippen LogP contribution < -0.4 is 4.89 Å². The van der Waals surface area contributed by atoms with Crippen LogP contribution in [-0.2, 0) is 32.7 Å². The number of allylic oxidation sites excluding steroid dienone is 12. The lowest BCUT2D eigenvalue weighted by Gasteiger charge is -2.28. The molecule has 0 aliphatic heterocycles. The van der Waals surface area contributed by atoms with Gasteiger partial charge < -0.3 is 27.9 Å². The molecule has 370 valence electrons. The predicted octanol–water partition coefficient (Wildman–Crippen LogP) is 14.7. The summed E-state index contributed by atoms with van der Waals surface area (Å²) in [5.41, 5.74) is 0. The van der Waals surface area contributed by atoms with Crippen LogP contribution in [0.5, 0.6) is 0 Å². The average Bonchev–Trinajstić information content (AvgIpc) is 3.25. The molecule has 64 heavy (non-hydrogen) atoms. The van der Waals surface area contributed by atoms with E-state index in [1.54, 1.807) is 0 Å². The topological polar surface area (TPSA) is 111 Å². The quantitative estimate of drug-likeness (QED) is 0.0195. The molecule has 0 rings (SSSR count). The zero-order chi connectivity index (χ0) is 47.1. The maximum Gasteiger partial charge on any atom is 0.306 e. The van der Waals surface area contributed by atoms with Gasteiger partial charge in [0.25, 0.3) is 7.82 Å². The number of likely N-dealkylation sites (N-methyl/N-ethyl adjacent to an activating group) is 1. The SMILES string of the molecule is CC/C=C\C/C=C\C/C=C\C/C=C\C/C=C\CCCCCCCCCC(=O)OC(COC(=O)CCCCCCCCC/C=C\CCCCCCCC)COP(=O)([O-])OCC[N+](C)(C)C. The number of nitrogens with zero attached hydrogens (tertiary/aromatic N) is 1. The lowest BCUT2D eigenvalue weighted by atomic mass is 10.1.